The lowest BCUT2D eigenvalue weighted by Gasteiger charge is -2.09. The number of rotatable bonds is 2. The molecule has 0 fully saturated rings. The van der Waals surface area contributed by atoms with Crippen molar-refractivity contribution >= 4 is 53.1 Å². The SMILES string of the molecule is COc1ccc2cc(OC)c3sc4ccc5ccccc5c4c3c2c1. The van der Waals surface area contributed by atoms with Crippen LogP contribution in [0.2, 0.25) is 0 Å². The average Bonchev–Trinajstić information content (AvgIpc) is 3.07. The molecule has 0 bridgehead atoms. The Bertz CT molecular complexity index is 1270. The van der Waals surface area contributed by atoms with Gasteiger partial charge in [0.2, 0.25) is 0 Å². The predicted molar refractivity (Wildman–Crippen MR) is 107 cm³/mol. The van der Waals surface area contributed by atoms with Crippen molar-refractivity contribution < 1.29 is 9.47 Å². The molecule has 5 aromatic rings. The molecule has 25 heavy (non-hydrogen) atoms. The van der Waals surface area contributed by atoms with Crippen molar-refractivity contribution in [2.45, 2.75) is 0 Å². The van der Waals surface area contributed by atoms with Gasteiger partial charge in [0.05, 0.1) is 18.9 Å². The fourth-order valence-corrected chi connectivity index (χ4v) is 4.89. The van der Waals surface area contributed by atoms with Crippen LogP contribution in [0.25, 0.3) is 41.7 Å². The van der Waals surface area contributed by atoms with Gasteiger partial charge in [-0.1, -0.05) is 36.4 Å². The van der Waals surface area contributed by atoms with E-state index in [4.69, 9.17) is 9.47 Å². The molecular formula is C22H16O2S. The molecule has 0 amide bonds. The highest BCUT2D eigenvalue weighted by Gasteiger charge is 2.16. The van der Waals surface area contributed by atoms with E-state index in [1.807, 2.05) is 6.07 Å². The minimum absolute atomic E-state index is 0.874. The summed E-state index contributed by atoms with van der Waals surface area (Å²) in [5, 5.41) is 7.47. The Labute approximate surface area is 149 Å². The van der Waals surface area contributed by atoms with Gasteiger partial charge in [0.25, 0.3) is 0 Å². The van der Waals surface area contributed by atoms with Crippen molar-refractivity contribution in [3.05, 3.63) is 60.7 Å². The minimum atomic E-state index is 0.874. The smallest absolute Gasteiger partial charge is 0.137 e. The molecule has 0 saturated carbocycles. The molecule has 0 aliphatic rings. The molecule has 0 unspecified atom stereocenters. The Hall–Kier alpha value is -2.78. The second-order valence-corrected chi connectivity index (χ2v) is 7.18. The monoisotopic (exact) mass is 344 g/mol. The zero-order valence-electron chi connectivity index (χ0n) is 14.0. The summed E-state index contributed by atoms with van der Waals surface area (Å²) in [6, 6.07) is 21.3. The van der Waals surface area contributed by atoms with Crippen LogP contribution < -0.4 is 9.47 Å². The van der Waals surface area contributed by atoms with E-state index in [0.29, 0.717) is 0 Å². The molecule has 4 aromatic carbocycles. The van der Waals surface area contributed by atoms with Crippen molar-refractivity contribution in [2.24, 2.45) is 0 Å². The number of ether oxygens (including phenoxy) is 2. The van der Waals surface area contributed by atoms with Crippen molar-refractivity contribution in [3.63, 3.8) is 0 Å². The summed E-state index contributed by atoms with van der Waals surface area (Å²) in [4.78, 5) is 0. The van der Waals surface area contributed by atoms with Crippen LogP contribution in [0, 0.1) is 0 Å². The molecule has 5 rings (SSSR count). The standard InChI is InChI=1S/C22H16O2S/c1-23-15-9-7-14-11-18(24-2)22-21(17(14)12-15)20-16-6-4-3-5-13(16)8-10-19(20)25-22/h3-12H,1-2H3. The first-order valence-electron chi connectivity index (χ1n) is 8.19. The van der Waals surface area contributed by atoms with Crippen LogP contribution in [-0.4, -0.2) is 14.2 Å². The Morgan fingerprint density at radius 2 is 1.56 bits per heavy atom. The fourth-order valence-electron chi connectivity index (χ4n) is 3.66. The number of methoxy groups -OCH3 is 2. The minimum Gasteiger partial charge on any atom is -0.497 e. The fraction of sp³-hybridized carbons (Fsp3) is 0.0909. The van der Waals surface area contributed by atoms with Gasteiger partial charge in [0.1, 0.15) is 11.5 Å². The zero-order valence-corrected chi connectivity index (χ0v) is 14.8. The lowest BCUT2D eigenvalue weighted by Crippen LogP contribution is -1.86. The van der Waals surface area contributed by atoms with Crippen molar-refractivity contribution in [1.29, 1.82) is 0 Å². The summed E-state index contributed by atoms with van der Waals surface area (Å²) in [6.45, 7) is 0. The molecule has 2 nitrogen and oxygen atoms in total. The number of hydrogen-bond acceptors (Lipinski definition) is 3. The van der Waals surface area contributed by atoms with Gasteiger partial charge in [-0.25, -0.2) is 0 Å². The molecule has 1 heterocycles. The van der Waals surface area contributed by atoms with Gasteiger partial charge in [-0.2, -0.15) is 0 Å². The molecule has 1 aromatic heterocycles. The van der Waals surface area contributed by atoms with Gasteiger partial charge in [0, 0.05) is 15.5 Å². The summed E-state index contributed by atoms with van der Waals surface area (Å²) >= 11 is 1.79. The first kappa shape index (κ1) is 14.6. The molecule has 0 N–H and O–H groups in total. The van der Waals surface area contributed by atoms with Crippen LogP contribution in [0.15, 0.2) is 60.7 Å². The summed E-state index contributed by atoms with van der Waals surface area (Å²) in [7, 11) is 3.45. The Kier molecular flexibility index (Phi) is 3.12. The molecule has 0 aliphatic heterocycles. The molecule has 0 saturated heterocycles. The first-order chi connectivity index (χ1) is 12.3. The molecule has 0 spiro atoms. The zero-order chi connectivity index (χ0) is 17.0. The van der Waals surface area contributed by atoms with Crippen LogP contribution in [0.5, 0.6) is 11.5 Å². The van der Waals surface area contributed by atoms with Gasteiger partial charge in [-0.05, 0) is 45.8 Å². The first-order valence-corrected chi connectivity index (χ1v) is 9.00. The number of fused-ring (bicyclic) bond motifs is 7. The van der Waals surface area contributed by atoms with Crippen LogP contribution in [0.4, 0.5) is 0 Å². The topological polar surface area (TPSA) is 18.5 Å². The maximum Gasteiger partial charge on any atom is 0.137 e. The highest BCUT2D eigenvalue weighted by atomic mass is 32.1. The second kappa shape index (κ2) is 5.36. The van der Waals surface area contributed by atoms with Crippen molar-refractivity contribution in [3.8, 4) is 11.5 Å². The predicted octanol–water partition coefficient (Wildman–Crippen LogP) is 6.38. The summed E-state index contributed by atoms with van der Waals surface area (Å²) in [5.74, 6) is 1.80. The summed E-state index contributed by atoms with van der Waals surface area (Å²) in [6.07, 6.45) is 0. The largest absolute Gasteiger partial charge is 0.497 e. The van der Waals surface area contributed by atoms with E-state index in [1.54, 1.807) is 25.6 Å². The van der Waals surface area contributed by atoms with Gasteiger partial charge in [-0.3, -0.25) is 0 Å². The van der Waals surface area contributed by atoms with Crippen LogP contribution in [0.3, 0.4) is 0 Å². The molecule has 3 heteroatoms. The maximum absolute atomic E-state index is 5.71. The Morgan fingerprint density at radius 3 is 2.40 bits per heavy atom. The highest BCUT2D eigenvalue weighted by Crippen LogP contribution is 2.46. The van der Waals surface area contributed by atoms with Crippen molar-refractivity contribution in [2.75, 3.05) is 14.2 Å². The van der Waals surface area contributed by atoms with E-state index in [2.05, 4.69) is 54.6 Å². The molecule has 122 valence electrons. The third-order valence-corrected chi connectivity index (χ3v) is 6.01. The number of benzene rings is 4. The summed E-state index contributed by atoms with van der Waals surface area (Å²) in [5.41, 5.74) is 0. The lowest BCUT2D eigenvalue weighted by molar-refractivity contribution is 0.415. The third-order valence-electron chi connectivity index (χ3n) is 4.84. The molecule has 0 radical (unpaired) electrons. The molecule has 0 aliphatic carbocycles. The highest BCUT2D eigenvalue weighted by molar-refractivity contribution is 7.26. The molecule has 0 atom stereocenters. The maximum atomic E-state index is 5.71. The van der Waals surface area contributed by atoms with Gasteiger partial charge >= 0.3 is 0 Å². The molecular weight excluding hydrogens is 328 g/mol. The number of hydrogen-bond donors (Lipinski definition) is 0. The Morgan fingerprint density at radius 1 is 0.720 bits per heavy atom. The third kappa shape index (κ3) is 2.02. The lowest BCUT2D eigenvalue weighted by atomic mass is 9.99. The van der Waals surface area contributed by atoms with Crippen LogP contribution in [0.1, 0.15) is 0 Å². The van der Waals surface area contributed by atoms with E-state index in [-0.39, 0.29) is 0 Å². The quantitative estimate of drug-likeness (QED) is 0.370. The van der Waals surface area contributed by atoms with E-state index in [9.17, 15) is 0 Å². The average molecular weight is 344 g/mol. The second-order valence-electron chi connectivity index (χ2n) is 6.13. The summed E-state index contributed by atoms with van der Waals surface area (Å²) < 4.78 is 13.7. The van der Waals surface area contributed by atoms with Gasteiger partial charge in [0.15, 0.2) is 0 Å². The van der Waals surface area contributed by atoms with Crippen LogP contribution in [-0.2, 0) is 0 Å². The van der Waals surface area contributed by atoms with E-state index in [1.165, 1.54) is 36.3 Å². The Balaban J connectivity index is 2.11. The van der Waals surface area contributed by atoms with Gasteiger partial charge < -0.3 is 9.47 Å². The normalized spacial score (nSPS) is 11.6. The van der Waals surface area contributed by atoms with Crippen molar-refractivity contribution in [1.82, 2.24) is 0 Å². The number of thiophene rings is 1. The van der Waals surface area contributed by atoms with E-state index in [0.717, 1.165) is 16.9 Å². The van der Waals surface area contributed by atoms with Crippen LogP contribution >= 0.6 is 11.3 Å². The van der Waals surface area contributed by atoms with E-state index >= 15 is 0 Å². The van der Waals surface area contributed by atoms with Gasteiger partial charge in [-0.15, -0.1) is 11.3 Å². The van der Waals surface area contributed by atoms with E-state index < -0.39 is 0 Å².